The third-order valence-electron chi connectivity index (χ3n) is 5.20. The van der Waals surface area contributed by atoms with E-state index in [0.717, 1.165) is 46.5 Å². The van der Waals surface area contributed by atoms with Crippen molar-refractivity contribution < 1.29 is 14.6 Å². The van der Waals surface area contributed by atoms with E-state index in [4.69, 9.17) is 9.47 Å². The Kier molecular flexibility index (Phi) is 4.50. The Morgan fingerprint density at radius 2 is 2.00 bits per heavy atom. The second-order valence-corrected chi connectivity index (χ2v) is 7.03. The maximum Gasteiger partial charge on any atom is 0.213 e. The highest BCUT2D eigenvalue weighted by Gasteiger charge is 2.34. The molecule has 1 aromatic carbocycles. The number of hydrogen-bond donors (Lipinski definition) is 2. The molecular weight excluding hydrogens is 316 g/mol. The van der Waals surface area contributed by atoms with Gasteiger partial charge in [-0.3, -0.25) is 0 Å². The molecule has 25 heavy (non-hydrogen) atoms. The third-order valence-corrected chi connectivity index (χ3v) is 5.20. The molecule has 1 atom stereocenters. The molecule has 0 bridgehead atoms. The van der Waals surface area contributed by atoms with Crippen LogP contribution >= 0.6 is 0 Å². The van der Waals surface area contributed by atoms with Gasteiger partial charge < -0.3 is 19.9 Å². The van der Waals surface area contributed by atoms with Gasteiger partial charge in [-0.1, -0.05) is 0 Å². The zero-order valence-electron chi connectivity index (χ0n) is 15.6. The lowest BCUT2D eigenvalue weighted by atomic mass is 9.87. The second kappa shape index (κ2) is 6.47. The first kappa shape index (κ1) is 17.4. The van der Waals surface area contributed by atoms with Crippen molar-refractivity contribution in [2.75, 3.05) is 19.0 Å². The van der Waals surface area contributed by atoms with Crippen LogP contribution in [0.1, 0.15) is 35.6 Å². The average Bonchev–Trinajstić information content (AvgIpc) is 2.63. The number of ether oxygens (including phenoxy) is 2. The molecule has 0 amide bonds. The van der Waals surface area contributed by atoms with Gasteiger partial charge in [0, 0.05) is 11.6 Å². The number of aromatic hydroxyl groups is 1. The molecule has 0 saturated carbocycles. The monoisotopic (exact) mass is 342 g/mol. The van der Waals surface area contributed by atoms with E-state index in [1.54, 1.807) is 13.3 Å². The molecule has 2 heterocycles. The number of hydrogen-bond acceptors (Lipinski definition) is 5. The van der Waals surface area contributed by atoms with Gasteiger partial charge in [0.2, 0.25) is 5.88 Å². The van der Waals surface area contributed by atoms with Gasteiger partial charge in [-0.05, 0) is 63.3 Å². The Morgan fingerprint density at radius 1 is 1.24 bits per heavy atom. The molecule has 0 saturated heterocycles. The van der Waals surface area contributed by atoms with E-state index in [1.807, 2.05) is 32.9 Å². The summed E-state index contributed by atoms with van der Waals surface area (Å²) < 4.78 is 11.5. The number of nitrogens with one attached hydrogen (secondary N) is 1. The van der Waals surface area contributed by atoms with E-state index in [2.05, 4.69) is 17.2 Å². The predicted octanol–water partition coefficient (Wildman–Crippen LogP) is 3.92. The van der Waals surface area contributed by atoms with Crippen molar-refractivity contribution in [3.63, 3.8) is 0 Å². The van der Waals surface area contributed by atoms with Crippen molar-refractivity contribution in [3.05, 3.63) is 40.6 Å². The van der Waals surface area contributed by atoms with Crippen LogP contribution in [0.4, 0.5) is 5.69 Å². The molecule has 2 aromatic rings. The van der Waals surface area contributed by atoms with E-state index in [9.17, 15) is 5.11 Å². The van der Waals surface area contributed by atoms with Crippen molar-refractivity contribution in [2.24, 2.45) is 0 Å². The average molecular weight is 342 g/mol. The zero-order chi connectivity index (χ0) is 18.2. The molecular formula is C20H26N2O3. The SMILES string of the molecule is COc1ccc(NCC2(C)CCc3c(C)c(O)c(C)c(C)c3O2)cn1. The maximum absolute atomic E-state index is 10.3. The fraction of sp³-hybridized carbons (Fsp3) is 0.450. The number of phenolic OH excluding ortho intramolecular Hbond substituents is 1. The Morgan fingerprint density at radius 3 is 2.64 bits per heavy atom. The fourth-order valence-electron chi connectivity index (χ4n) is 3.31. The number of nitrogens with zero attached hydrogens (tertiary/aromatic N) is 1. The number of aromatic nitrogens is 1. The van der Waals surface area contributed by atoms with Gasteiger partial charge in [-0.15, -0.1) is 0 Å². The van der Waals surface area contributed by atoms with Crippen LogP contribution in [0.5, 0.6) is 17.4 Å². The third kappa shape index (κ3) is 3.23. The van der Waals surface area contributed by atoms with Crippen LogP contribution in [0, 0.1) is 20.8 Å². The van der Waals surface area contributed by atoms with Gasteiger partial charge >= 0.3 is 0 Å². The van der Waals surface area contributed by atoms with Crippen molar-refractivity contribution >= 4 is 5.69 Å². The highest BCUT2D eigenvalue weighted by Crippen LogP contribution is 2.43. The van der Waals surface area contributed by atoms with E-state index >= 15 is 0 Å². The van der Waals surface area contributed by atoms with Gasteiger partial charge in [0.25, 0.3) is 0 Å². The lowest BCUT2D eigenvalue weighted by Gasteiger charge is -2.38. The second-order valence-electron chi connectivity index (χ2n) is 7.03. The topological polar surface area (TPSA) is 63.6 Å². The standard InChI is InChI=1S/C20H26N2O3/c1-12-13(2)19-16(14(3)18(12)23)8-9-20(4,25-19)11-22-15-6-7-17(24-5)21-10-15/h6-7,10,22-23H,8-9,11H2,1-5H3. The number of fused-ring (bicyclic) bond motifs is 1. The molecule has 5 heteroatoms. The van der Waals surface area contributed by atoms with Gasteiger partial charge in [0.15, 0.2) is 0 Å². The lowest BCUT2D eigenvalue weighted by molar-refractivity contribution is 0.0767. The minimum absolute atomic E-state index is 0.312. The van der Waals surface area contributed by atoms with E-state index in [0.29, 0.717) is 18.2 Å². The Bertz CT molecular complexity index is 787. The summed E-state index contributed by atoms with van der Waals surface area (Å²) in [7, 11) is 1.61. The molecule has 134 valence electrons. The molecule has 2 N–H and O–H groups in total. The lowest BCUT2D eigenvalue weighted by Crippen LogP contribution is -2.43. The van der Waals surface area contributed by atoms with Crippen LogP contribution < -0.4 is 14.8 Å². The van der Waals surface area contributed by atoms with Gasteiger partial charge in [0.1, 0.15) is 17.1 Å². The molecule has 5 nitrogen and oxygen atoms in total. The number of phenols is 1. The van der Waals surface area contributed by atoms with Crippen LogP contribution in [-0.2, 0) is 6.42 Å². The van der Waals surface area contributed by atoms with Crippen LogP contribution in [0.2, 0.25) is 0 Å². The normalized spacial score (nSPS) is 19.1. The summed E-state index contributed by atoms with van der Waals surface area (Å²) >= 11 is 0. The molecule has 0 radical (unpaired) electrons. The summed E-state index contributed by atoms with van der Waals surface area (Å²) in [6, 6.07) is 3.78. The van der Waals surface area contributed by atoms with Crippen molar-refractivity contribution in [1.29, 1.82) is 0 Å². The molecule has 1 aliphatic heterocycles. The number of methoxy groups -OCH3 is 1. The smallest absolute Gasteiger partial charge is 0.213 e. The zero-order valence-corrected chi connectivity index (χ0v) is 15.6. The first-order valence-corrected chi connectivity index (χ1v) is 8.59. The highest BCUT2D eigenvalue weighted by atomic mass is 16.5. The minimum Gasteiger partial charge on any atom is -0.507 e. The molecule has 0 spiro atoms. The number of pyridine rings is 1. The van der Waals surface area contributed by atoms with Crippen molar-refractivity contribution in [1.82, 2.24) is 4.98 Å². The van der Waals surface area contributed by atoms with Gasteiger partial charge in [0.05, 0.1) is 25.5 Å². The first-order valence-electron chi connectivity index (χ1n) is 8.59. The van der Waals surface area contributed by atoms with Crippen LogP contribution in [0.15, 0.2) is 18.3 Å². The summed E-state index contributed by atoms with van der Waals surface area (Å²) in [5.41, 5.74) is 4.61. The van der Waals surface area contributed by atoms with Crippen LogP contribution in [0.3, 0.4) is 0 Å². The van der Waals surface area contributed by atoms with Crippen LogP contribution in [0.25, 0.3) is 0 Å². The van der Waals surface area contributed by atoms with Crippen LogP contribution in [-0.4, -0.2) is 29.3 Å². The van der Waals surface area contributed by atoms with Gasteiger partial charge in [-0.2, -0.15) is 0 Å². The molecule has 0 aliphatic carbocycles. The summed E-state index contributed by atoms with van der Waals surface area (Å²) in [4.78, 5) is 4.21. The summed E-state index contributed by atoms with van der Waals surface area (Å²) in [5, 5.41) is 13.7. The van der Waals surface area contributed by atoms with E-state index in [1.165, 1.54) is 0 Å². The number of anilines is 1. The highest BCUT2D eigenvalue weighted by molar-refractivity contribution is 5.58. The Balaban J connectivity index is 1.78. The summed E-state index contributed by atoms with van der Waals surface area (Å²) in [5.74, 6) is 1.92. The van der Waals surface area contributed by atoms with Gasteiger partial charge in [-0.25, -0.2) is 4.98 Å². The van der Waals surface area contributed by atoms with Crippen molar-refractivity contribution in [3.8, 4) is 17.4 Å². The maximum atomic E-state index is 10.3. The molecule has 1 aromatic heterocycles. The molecule has 3 rings (SSSR count). The minimum atomic E-state index is -0.312. The fourth-order valence-corrected chi connectivity index (χ4v) is 3.31. The Labute approximate surface area is 149 Å². The predicted molar refractivity (Wildman–Crippen MR) is 99.0 cm³/mol. The quantitative estimate of drug-likeness (QED) is 0.882. The first-order chi connectivity index (χ1) is 11.8. The molecule has 1 aliphatic rings. The summed E-state index contributed by atoms with van der Waals surface area (Å²) in [6.45, 7) is 8.72. The van der Waals surface area contributed by atoms with E-state index < -0.39 is 0 Å². The summed E-state index contributed by atoms with van der Waals surface area (Å²) in [6.07, 6.45) is 3.55. The Hall–Kier alpha value is -2.43. The number of rotatable bonds is 4. The molecule has 0 fully saturated rings. The number of benzene rings is 1. The van der Waals surface area contributed by atoms with Crippen molar-refractivity contribution in [2.45, 2.75) is 46.1 Å². The van der Waals surface area contributed by atoms with E-state index in [-0.39, 0.29) is 5.60 Å². The molecule has 1 unspecified atom stereocenters. The largest absolute Gasteiger partial charge is 0.507 e.